The van der Waals surface area contributed by atoms with Crippen LogP contribution in [0.4, 0.5) is 0 Å². The second kappa shape index (κ2) is 6.17. The minimum absolute atomic E-state index is 0.0442. The van der Waals surface area contributed by atoms with Gasteiger partial charge in [0.25, 0.3) is 0 Å². The van der Waals surface area contributed by atoms with E-state index in [-0.39, 0.29) is 17.5 Å². The molecular weight excluding hydrogens is 256 g/mol. The summed E-state index contributed by atoms with van der Waals surface area (Å²) in [6.45, 7) is 2.46. The average Bonchev–Trinajstić information content (AvgIpc) is 2.68. The van der Waals surface area contributed by atoms with Gasteiger partial charge in [0.2, 0.25) is 0 Å². The summed E-state index contributed by atoms with van der Waals surface area (Å²) in [4.78, 5) is 24.5. The van der Waals surface area contributed by atoms with Gasteiger partial charge in [-0.3, -0.25) is 9.59 Å². The van der Waals surface area contributed by atoms with E-state index in [4.69, 9.17) is 0 Å². The number of likely N-dealkylation sites (N-methyl/N-ethyl adjacent to an activating group) is 1. The number of nitrogens with one attached hydrogen (secondary N) is 1. The van der Waals surface area contributed by atoms with Crippen LogP contribution in [0.3, 0.4) is 0 Å². The minimum Gasteiger partial charge on any atom is -0.348 e. The van der Waals surface area contributed by atoms with E-state index in [2.05, 4.69) is 5.32 Å². The molecule has 0 aromatic carbocycles. The SMILES string of the molecule is CCCCNC(=O)C(=O)N(C)C1CCS(=O)(=O)C1. The summed E-state index contributed by atoms with van der Waals surface area (Å²) in [6, 6.07) is -0.376. The molecule has 1 atom stereocenters. The maximum atomic E-state index is 11.8. The van der Waals surface area contributed by atoms with Crippen LogP contribution in [0.25, 0.3) is 0 Å². The third-order valence-electron chi connectivity index (χ3n) is 3.09. The number of amides is 2. The van der Waals surface area contributed by atoms with Gasteiger partial charge in [-0.15, -0.1) is 0 Å². The average molecular weight is 276 g/mol. The Balaban J connectivity index is 2.49. The lowest BCUT2D eigenvalue weighted by atomic mass is 10.2. The van der Waals surface area contributed by atoms with Gasteiger partial charge in [-0.25, -0.2) is 8.42 Å². The molecule has 0 spiro atoms. The van der Waals surface area contributed by atoms with E-state index in [9.17, 15) is 18.0 Å². The van der Waals surface area contributed by atoms with E-state index >= 15 is 0 Å². The lowest BCUT2D eigenvalue weighted by Crippen LogP contribution is -2.46. The van der Waals surface area contributed by atoms with Crippen LogP contribution in [-0.4, -0.2) is 56.3 Å². The standard InChI is InChI=1S/C11H20N2O4S/c1-3-4-6-12-10(14)11(15)13(2)9-5-7-18(16,17)8-9/h9H,3-8H2,1-2H3,(H,12,14). The van der Waals surface area contributed by atoms with E-state index in [1.54, 1.807) is 0 Å². The summed E-state index contributed by atoms with van der Waals surface area (Å²) >= 11 is 0. The van der Waals surface area contributed by atoms with Crippen molar-refractivity contribution in [2.45, 2.75) is 32.2 Å². The molecular formula is C11H20N2O4S. The zero-order valence-corrected chi connectivity index (χ0v) is 11.6. The third kappa shape index (κ3) is 3.97. The Kier molecular flexibility index (Phi) is 5.13. The number of carbonyl (C=O) groups is 2. The van der Waals surface area contributed by atoms with Crippen molar-refractivity contribution in [1.82, 2.24) is 10.2 Å². The summed E-state index contributed by atoms with van der Waals surface area (Å²) in [5.41, 5.74) is 0. The van der Waals surface area contributed by atoms with E-state index in [1.807, 2.05) is 6.92 Å². The highest BCUT2D eigenvalue weighted by Gasteiger charge is 2.34. The number of hydrogen-bond donors (Lipinski definition) is 1. The normalized spacial score (nSPS) is 21.6. The topological polar surface area (TPSA) is 83.6 Å². The first-order valence-corrected chi connectivity index (χ1v) is 7.95. The second-order valence-corrected chi connectivity index (χ2v) is 6.81. The molecule has 1 aliphatic heterocycles. The predicted octanol–water partition coefficient (Wildman–Crippen LogP) is -0.452. The molecule has 1 saturated heterocycles. The summed E-state index contributed by atoms with van der Waals surface area (Å²) < 4.78 is 22.6. The quantitative estimate of drug-likeness (QED) is 0.557. The molecule has 0 bridgehead atoms. The highest BCUT2D eigenvalue weighted by molar-refractivity contribution is 7.91. The van der Waals surface area contributed by atoms with Gasteiger partial charge < -0.3 is 10.2 Å². The fourth-order valence-electron chi connectivity index (χ4n) is 1.86. The van der Waals surface area contributed by atoms with Crippen LogP contribution in [0.2, 0.25) is 0 Å². The van der Waals surface area contributed by atoms with Crippen molar-refractivity contribution < 1.29 is 18.0 Å². The van der Waals surface area contributed by atoms with Crippen molar-refractivity contribution in [3.8, 4) is 0 Å². The minimum atomic E-state index is -3.05. The third-order valence-corrected chi connectivity index (χ3v) is 4.84. The first-order valence-electron chi connectivity index (χ1n) is 6.13. The Bertz CT molecular complexity index is 419. The Labute approximate surface area is 108 Å². The zero-order chi connectivity index (χ0) is 13.8. The first-order chi connectivity index (χ1) is 8.37. The fourth-order valence-corrected chi connectivity index (χ4v) is 3.64. The van der Waals surface area contributed by atoms with Gasteiger partial charge in [0.05, 0.1) is 11.5 Å². The monoisotopic (exact) mass is 276 g/mol. The molecule has 0 aliphatic carbocycles. The van der Waals surface area contributed by atoms with E-state index in [0.717, 1.165) is 12.8 Å². The van der Waals surface area contributed by atoms with Crippen LogP contribution in [0.1, 0.15) is 26.2 Å². The Hall–Kier alpha value is -1.11. The largest absolute Gasteiger partial charge is 0.348 e. The second-order valence-electron chi connectivity index (χ2n) is 4.58. The fraction of sp³-hybridized carbons (Fsp3) is 0.818. The molecule has 1 unspecified atom stereocenters. The Morgan fingerprint density at radius 1 is 1.39 bits per heavy atom. The molecule has 1 aliphatic rings. The molecule has 0 saturated carbocycles. The van der Waals surface area contributed by atoms with Gasteiger partial charge in [-0.2, -0.15) is 0 Å². The molecule has 0 aromatic heterocycles. The van der Waals surface area contributed by atoms with Gasteiger partial charge in [-0.1, -0.05) is 13.3 Å². The maximum Gasteiger partial charge on any atom is 0.311 e. The molecule has 0 aromatic rings. The van der Waals surface area contributed by atoms with Gasteiger partial charge in [-0.05, 0) is 12.8 Å². The van der Waals surface area contributed by atoms with E-state index in [0.29, 0.717) is 13.0 Å². The van der Waals surface area contributed by atoms with E-state index < -0.39 is 21.7 Å². The summed E-state index contributed by atoms with van der Waals surface area (Å²) in [5, 5.41) is 2.53. The van der Waals surface area contributed by atoms with Crippen molar-refractivity contribution >= 4 is 21.7 Å². The molecule has 0 radical (unpaired) electrons. The number of hydrogen-bond acceptors (Lipinski definition) is 4. The first kappa shape index (κ1) is 14.9. The maximum absolute atomic E-state index is 11.8. The molecule has 1 heterocycles. The molecule has 104 valence electrons. The molecule has 7 heteroatoms. The van der Waals surface area contributed by atoms with Gasteiger partial charge in [0.15, 0.2) is 9.84 Å². The van der Waals surface area contributed by atoms with Crippen molar-refractivity contribution in [3.63, 3.8) is 0 Å². The molecule has 6 nitrogen and oxygen atoms in total. The summed E-state index contributed by atoms with van der Waals surface area (Å²) in [6.07, 6.45) is 2.17. The van der Waals surface area contributed by atoms with Gasteiger partial charge >= 0.3 is 11.8 Å². The summed E-state index contributed by atoms with van der Waals surface area (Å²) in [5.74, 6) is -1.27. The van der Waals surface area contributed by atoms with Crippen LogP contribution in [0.15, 0.2) is 0 Å². The number of nitrogens with zero attached hydrogens (tertiary/aromatic N) is 1. The van der Waals surface area contributed by atoms with Crippen LogP contribution < -0.4 is 5.32 Å². The lowest BCUT2D eigenvalue weighted by molar-refractivity contribution is -0.146. The number of rotatable bonds is 4. The molecule has 1 rings (SSSR count). The van der Waals surface area contributed by atoms with Gasteiger partial charge in [0.1, 0.15) is 0 Å². The Morgan fingerprint density at radius 3 is 2.56 bits per heavy atom. The van der Waals surface area contributed by atoms with E-state index in [1.165, 1.54) is 11.9 Å². The molecule has 2 amide bonds. The van der Waals surface area contributed by atoms with Crippen molar-refractivity contribution in [2.24, 2.45) is 0 Å². The number of unbranched alkanes of at least 4 members (excludes halogenated alkanes) is 1. The number of carbonyl (C=O) groups excluding carboxylic acids is 2. The van der Waals surface area contributed by atoms with Crippen molar-refractivity contribution in [1.29, 1.82) is 0 Å². The number of sulfone groups is 1. The highest BCUT2D eigenvalue weighted by Crippen LogP contribution is 2.16. The molecule has 1 N–H and O–H groups in total. The van der Waals surface area contributed by atoms with Crippen LogP contribution in [0.5, 0.6) is 0 Å². The van der Waals surface area contributed by atoms with Crippen LogP contribution >= 0.6 is 0 Å². The lowest BCUT2D eigenvalue weighted by Gasteiger charge is -2.22. The van der Waals surface area contributed by atoms with Crippen molar-refractivity contribution in [2.75, 3.05) is 25.1 Å². The Morgan fingerprint density at radius 2 is 2.06 bits per heavy atom. The molecule has 1 fully saturated rings. The molecule has 18 heavy (non-hydrogen) atoms. The van der Waals surface area contributed by atoms with Crippen LogP contribution in [0, 0.1) is 0 Å². The van der Waals surface area contributed by atoms with Crippen LogP contribution in [-0.2, 0) is 19.4 Å². The van der Waals surface area contributed by atoms with Crippen molar-refractivity contribution in [3.05, 3.63) is 0 Å². The summed E-state index contributed by atoms with van der Waals surface area (Å²) in [7, 11) is -1.57. The predicted molar refractivity (Wildman–Crippen MR) is 67.7 cm³/mol. The highest BCUT2D eigenvalue weighted by atomic mass is 32.2. The zero-order valence-electron chi connectivity index (χ0n) is 10.8. The smallest absolute Gasteiger partial charge is 0.311 e. The van der Waals surface area contributed by atoms with Gasteiger partial charge in [0, 0.05) is 19.6 Å².